The molecule has 0 saturated heterocycles. The van der Waals surface area contributed by atoms with E-state index in [1.54, 1.807) is 7.11 Å². The van der Waals surface area contributed by atoms with E-state index in [2.05, 4.69) is 5.32 Å². The lowest BCUT2D eigenvalue weighted by atomic mass is 10.4. The van der Waals surface area contributed by atoms with Gasteiger partial charge < -0.3 is 15.2 Å². The van der Waals surface area contributed by atoms with Crippen LogP contribution < -0.4 is 5.32 Å². The summed E-state index contributed by atoms with van der Waals surface area (Å²) in [6.07, 6.45) is -0.366. The molecule has 0 spiro atoms. The summed E-state index contributed by atoms with van der Waals surface area (Å²) in [7, 11) is 1.58. The SMILES string of the molecule is CCNCC(O)COC. The van der Waals surface area contributed by atoms with Crippen LogP contribution in [0.5, 0.6) is 0 Å². The first-order valence-electron chi connectivity index (χ1n) is 3.19. The Bertz CT molecular complexity index is 59.0. The smallest absolute Gasteiger partial charge is 0.0897 e. The molecule has 0 amide bonds. The molecule has 0 aromatic rings. The van der Waals surface area contributed by atoms with Crippen molar-refractivity contribution in [3.63, 3.8) is 0 Å². The average Bonchev–Trinajstić information content (AvgIpc) is 1.85. The fourth-order valence-electron chi connectivity index (χ4n) is 0.562. The first-order chi connectivity index (χ1) is 4.31. The third-order valence-corrected chi connectivity index (χ3v) is 0.989. The van der Waals surface area contributed by atoms with Gasteiger partial charge in [-0.05, 0) is 6.54 Å². The predicted octanol–water partition coefficient (Wildman–Crippen LogP) is -0.397. The summed E-state index contributed by atoms with van der Waals surface area (Å²) in [5, 5.41) is 12.0. The van der Waals surface area contributed by atoms with E-state index in [0.29, 0.717) is 13.2 Å². The van der Waals surface area contributed by atoms with E-state index in [1.807, 2.05) is 6.92 Å². The number of ether oxygens (including phenoxy) is 1. The van der Waals surface area contributed by atoms with Crippen molar-refractivity contribution in [2.45, 2.75) is 13.0 Å². The molecule has 3 nitrogen and oxygen atoms in total. The maximum atomic E-state index is 8.99. The number of likely N-dealkylation sites (N-methyl/N-ethyl adjacent to an activating group) is 1. The van der Waals surface area contributed by atoms with Gasteiger partial charge in [0.25, 0.3) is 0 Å². The average molecular weight is 133 g/mol. The van der Waals surface area contributed by atoms with Crippen molar-refractivity contribution in [2.24, 2.45) is 0 Å². The molecular weight excluding hydrogens is 118 g/mol. The van der Waals surface area contributed by atoms with Crippen molar-refractivity contribution < 1.29 is 9.84 Å². The number of nitrogens with one attached hydrogen (secondary N) is 1. The third kappa shape index (κ3) is 5.76. The van der Waals surface area contributed by atoms with Crippen LogP contribution >= 0.6 is 0 Å². The number of hydrogen-bond acceptors (Lipinski definition) is 3. The zero-order valence-corrected chi connectivity index (χ0v) is 6.05. The van der Waals surface area contributed by atoms with Crippen molar-refractivity contribution >= 4 is 0 Å². The monoisotopic (exact) mass is 133 g/mol. The van der Waals surface area contributed by atoms with Gasteiger partial charge in [0.2, 0.25) is 0 Å². The Balaban J connectivity index is 2.95. The second-order valence-corrected chi connectivity index (χ2v) is 1.92. The van der Waals surface area contributed by atoms with Gasteiger partial charge in [-0.1, -0.05) is 6.92 Å². The molecule has 2 N–H and O–H groups in total. The largest absolute Gasteiger partial charge is 0.389 e. The van der Waals surface area contributed by atoms with Crippen LogP contribution in [0.25, 0.3) is 0 Å². The number of hydrogen-bond donors (Lipinski definition) is 2. The fraction of sp³-hybridized carbons (Fsp3) is 1.00. The zero-order chi connectivity index (χ0) is 7.11. The summed E-state index contributed by atoms with van der Waals surface area (Å²) in [4.78, 5) is 0. The van der Waals surface area contributed by atoms with E-state index in [0.717, 1.165) is 6.54 Å². The maximum absolute atomic E-state index is 8.99. The Morgan fingerprint density at radius 2 is 2.33 bits per heavy atom. The summed E-state index contributed by atoms with van der Waals surface area (Å²) in [5.41, 5.74) is 0. The van der Waals surface area contributed by atoms with Gasteiger partial charge in [-0.25, -0.2) is 0 Å². The molecule has 3 heteroatoms. The van der Waals surface area contributed by atoms with E-state index >= 15 is 0 Å². The number of methoxy groups -OCH3 is 1. The summed E-state index contributed by atoms with van der Waals surface area (Å²) in [6.45, 7) is 3.91. The molecular formula is C6H15NO2. The fourth-order valence-corrected chi connectivity index (χ4v) is 0.562. The van der Waals surface area contributed by atoms with Gasteiger partial charge in [-0.15, -0.1) is 0 Å². The molecule has 0 aromatic heterocycles. The first kappa shape index (κ1) is 8.88. The summed E-state index contributed by atoms with van der Waals surface area (Å²) >= 11 is 0. The molecule has 0 fully saturated rings. The van der Waals surface area contributed by atoms with Crippen LogP contribution in [0.3, 0.4) is 0 Å². The minimum atomic E-state index is -0.366. The molecule has 0 aromatic carbocycles. The second-order valence-electron chi connectivity index (χ2n) is 1.92. The molecule has 9 heavy (non-hydrogen) atoms. The molecule has 1 atom stereocenters. The van der Waals surface area contributed by atoms with E-state index in [4.69, 9.17) is 9.84 Å². The molecule has 1 unspecified atom stereocenters. The number of rotatable bonds is 5. The van der Waals surface area contributed by atoms with E-state index in [1.165, 1.54) is 0 Å². The van der Waals surface area contributed by atoms with Gasteiger partial charge in [-0.3, -0.25) is 0 Å². The summed E-state index contributed by atoms with van der Waals surface area (Å²) in [5.74, 6) is 0. The first-order valence-corrected chi connectivity index (χ1v) is 3.19. The predicted molar refractivity (Wildman–Crippen MR) is 36.4 cm³/mol. The van der Waals surface area contributed by atoms with Crippen LogP contribution in [0, 0.1) is 0 Å². The maximum Gasteiger partial charge on any atom is 0.0897 e. The lowest BCUT2D eigenvalue weighted by Gasteiger charge is -2.08. The van der Waals surface area contributed by atoms with Crippen molar-refractivity contribution in [2.75, 3.05) is 26.8 Å². The number of aliphatic hydroxyl groups excluding tert-OH is 1. The van der Waals surface area contributed by atoms with E-state index < -0.39 is 0 Å². The summed E-state index contributed by atoms with van der Waals surface area (Å²) < 4.78 is 4.71. The molecule has 0 rings (SSSR count). The van der Waals surface area contributed by atoms with Crippen LogP contribution in [0.2, 0.25) is 0 Å². The lowest BCUT2D eigenvalue weighted by molar-refractivity contribution is 0.0649. The van der Waals surface area contributed by atoms with Gasteiger partial charge in [0.05, 0.1) is 12.7 Å². The van der Waals surface area contributed by atoms with Gasteiger partial charge >= 0.3 is 0 Å². The van der Waals surface area contributed by atoms with Gasteiger partial charge in [0.1, 0.15) is 0 Å². The third-order valence-electron chi connectivity index (χ3n) is 0.989. The normalized spacial score (nSPS) is 13.7. The van der Waals surface area contributed by atoms with Crippen molar-refractivity contribution in [3.05, 3.63) is 0 Å². The van der Waals surface area contributed by atoms with E-state index in [-0.39, 0.29) is 6.10 Å². The molecule has 0 heterocycles. The molecule has 0 aliphatic rings. The minimum Gasteiger partial charge on any atom is -0.389 e. The highest BCUT2D eigenvalue weighted by molar-refractivity contribution is 4.55. The topological polar surface area (TPSA) is 41.5 Å². The van der Waals surface area contributed by atoms with Crippen LogP contribution in [0.4, 0.5) is 0 Å². The standard InChI is InChI=1S/C6H15NO2/c1-3-7-4-6(8)5-9-2/h6-8H,3-5H2,1-2H3. The molecule has 0 aliphatic carbocycles. The highest BCUT2D eigenvalue weighted by Crippen LogP contribution is 1.79. The van der Waals surface area contributed by atoms with Crippen LogP contribution in [0.1, 0.15) is 6.92 Å². The van der Waals surface area contributed by atoms with Gasteiger partial charge in [-0.2, -0.15) is 0 Å². The second kappa shape index (κ2) is 6.01. The van der Waals surface area contributed by atoms with Crippen molar-refractivity contribution in [1.82, 2.24) is 5.32 Å². The minimum absolute atomic E-state index is 0.366. The zero-order valence-electron chi connectivity index (χ0n) is 6.05. The molecule has 0 radical (unpaired) electrons. The Labute approximate surface area is 56.0 Å². The Hall–Kier alpha value is -0.120. The lowest BCUT2D eigenvalue weighted by Crippen LogP contribution is -2.29. The molecule has 0 aliphatic heterocycles. The number of aliphatic hydroxyl groups is 1. The van der Waals surface area contributed by atoms with Crippen molar-refractivity contribution in [1.29, 1.82) is 0 Å². The summed E-state index contributed by atoms with van der Waals surface area (Å²) in [6, 6.07) is 0. The Kier molecular flexibility index (Phi) is 5.93. The van der Waals surface area contributed by atoms with E-state index in [9.17, 15) is 0 Å². The van der Waals surface area contributed by atoms with Crippen molar-refractivity contribution in [3.8, 4) is 0 Å². The highest BCUT2D eigenvalue weighted by Gasteiger charge is 1.99. The Morgan fingerprint density at radius 1 is 1.67 bits per heavy atom. The van der Waals surface area contributed by atoms with Crippen LogP contribution in [0.15, 0.2) is 0 Å². The van der Waals surface area contributed by atoms with Crippen LogP contribution in [-0.2, 0) is 4.74 Å². The molecule has 0 saturated carbocycles. The Morgan fingerprint density at radius 3 is 2.78 bits per heavy atom. The van der Waals surface area contributed by atoms with Crippen LogP contribution in [-0.4, -0.2) is 38.0 Å². The quantitative estimate of drug-likeness (QED) is 0.536. The molecule has 0 bridgehead atoms. The van der Waals surface area contributed by atoms with Gasteiger partial charge in [0, 0.05) is 13.7 Å². The highest BCUT2D eigenvalue weighted by atomic mass is 16.5. The molecule has 56 valence electrons. The van der Waals surface area contributed by atoms with Gasteiger partial charge in [0.15, 0.2) is 0 Å².